The van der Waals surface area contributed by atoms with Crippen molar-refractivity contribution in [3.8, 4) is 5.75 Å². The minimum atomic E-state index is -4.04. The van der Waals surface area contributed by atoms with Crippen LogP contribution in [0.15, 0.2) is 41.3 Å². The monoisotopic (exact) mass is 440 g/mol. The first-order valence-electron chi connectivity index (χ1n) is 9.22. The van der Waals surface area contributed by atoms with E-state index >= 15 is 0 Å². The molecule has 0 atom stereocenters. The molecule has 0 aliphatic carbocycles. The molecule has 0 aromatic heterocycles. The number of carboxylic acids is 1. The maximum absolute atomic E-state index is 12.8. The molecule has 0 unspecified atom stereocenters. The van der Waals surface area contributed by atoms with Crippen molar-refractivity contribution in [2.75, 3.05) is 29.8 Å². The summed E-state index contributed by atoms with van der Waals surface area (Å²) in [5, 5.41) is 9.89. The number of ether oxygens (including phenoxy) is 1. The highest BCUT2D eigenvalue weighted by atomic mass is 35.5. The van der Waals surface area contributed by atoms with Gasteiger partial charge in [0.2, 0.25) is 0 Å². The van der Waals surface area contributed by atoms with Crippen LogP contribution < -0.4 is 14.4 Å². The molecule has 2 aromatic carbocycles. The zero-order valence-corrected chi connectivity index (χ0v) is 18.2. The number of nitrogens with one attached hydrogen (secondary N) is 1. The summed E-state index contributed by atoms with van der Waals surface area (Å²) in [6.45, 7) is 5.38. The van der Waals surface area contributed by atoms with Crippen molar-refractivity contribution < 1.29 is 23.1 Å². The second-order valence-electron chi connectivity index (χ2n) is 6.37. The van der Waals surface area contributed by atoms with Crippen molar-refractivity contribution in [2.24, 2.45) is 0 Å². The van der Waals surface area contributed by atoms with E-state index in [-0.39, 0.29) is 26.9 Å². The Labute approximate surface area is 176 Å². The first kappa shape index (κ1) is 22.8. The predicted octanol–water partition coefficient (Wildman–Crippen LogP) is 4.47. The van der Waals surface area contributed by atoms with Gasteiger partial charge in [0.1, 0.15) is 10.6 Å². The summed E-state index contributed by atoms with van der Waals surface area (Å²) >= 11 is 5.93. The van der Waals surface area contributed by atoms with Crippen molar-refractivity contribution in [3.05, 3.63) is 47.0 Å². The number of nitrogens with zero attached hydrogens (tertiary/aromatic N) is 1. The molecule has 2 N–H and O–H groups in total. The van der Waals surface area contributed by atoms with E-state index in [9.17, 15) is 18.3 Å². The molecular weight excluding hydrogens is 416 g/mol. The van der Waals surface area contributed by atoms with Crippen LogP contribution in [0.25, 0.3) is 0 Å². The SMILES string of the molecule is CCCCN(CC)c1ccc(NS(=O)(=O)c2cc(Cl)ccc2OC)cc1C(=O)O. The predicted molar refractivity (Wildman–Crippen MR) is 115 cm³/mol. The Hall–Kier alpha value is -2.45. The average molecular weight is 441 g/mol. The molecular formula is C20H25ClN2O5S. The van der Waals surface area contributed by atoms with Crippen LogP contribution >= 0.6 is 11.6 Å². The third-order valence-electron chi connectivity index (χ3n) is 4.40. The van der Waals surface area contributed by atoms with Crippen LogP contribution in [0.2, 0.25) is 5.02 Å². The molecule has 0 amide bonds. The number of unbranched alkanes of at least 4 members (excludes halogenated alkanes) is 1. The molecule has 0 saturated carbocycles. The van der Waals surface area contributed by atoms with Crippen molar-refractivity contribution in [1.29, 1.82) is 0 Å². The van der Waals surface area contributed by atoms with Gasteiger partial charge in [-0.1, -0.05) is 24.9 Å². The van der Waals surface area contributed by atoms with Crippen LogP contribution in [0, 0.1) is 0 Å². The van der Waals surface area contributed by atoms with Crippen molar-refractivity contribution >= 4 is 39.0 Å². The lowest BCUT2D eigenvalue weighted by atomic mass is 10.1. The zero-order valence-electron chi connectivity index (χ0n) is 16.6. The summed E-state index contributed by atoms with van der Waals surface area (Å²) in [6.07, 6.45) is 1.91. The highest BCUT2D eigenvalue weighted by molar-refractivity contribution is 7.92. The van der Waals surface area contributed by atoms with E-state index in [1.54, 1.807) is 12.1 Å². The Morgan fingerprint density at radius 3 is 2.52 bits per heavy atom. The number of carboxylic acid groups (broad SMARTS) is 1. The Morgan fingerprint density at radius 2 is 1.93 bits per heavy atom. The van der Waals surface area contributed by atoms with Crippen molar-refractivity contribution in [1.82, 2.24) is 0 Å². The van der Waals surface area contributed by atoms with E-state index < -0.39 is 16.0 Å². The number of hydrogen-bond acceptors (Lipinski definition) is 5. The molecule has 158 valence electrons. The van der Waals surface area contributed by atoms with E-state index in [2.05, 4.69) is 11.6 Å². The molecule has 0 aliphatic rings. The second kappa shape index (κ2) is 9.84. The third kappa shape index (κ3) is 5.55. The molecule has 0 radical (unpaired) electrons. The molecule has 0 aliphatic heterocycles. The first-order chi connectivity index (χ1) is 13.7. The summed E-state index contributed by atoms with van der Waals surface area (Å²) < 4.78 is 33.2. The molecule has 7 nitrogen and oxygen atoms in total. The van der Waals surface area contributed by atoms with Gasteiger partial charge in [-0.2, -0.15) is 0 Å². The number of anilines is 2. The minimum absolute atomic E-state index is 0.0289. The molecule has 29 heavy (non-hydrogen) atoms. The molecule has 2 aromatic rings. The van der Waals surface area contributed by atoms with Gasteiger partial charge in [-0.25, -0.2) is 13.2 Å². The van der Waals surface area contributed by atoms with Gasteiger partial charge < -0.3 is 14.7 Å². The number of benzene rings is 2. The fraction of sp³-hybridized carbons (Fsp3) is 0.350. The van der Waals surface area contributed by atoms with Gasteiger partial charge in [-0.3, -0.25) is 4.72 Å². The van der Waals surface area contributed by atoms with Gasteiger partial charge in [0, 0.05) is 23.8 Å². The van der Waals surface area contributed by atoms with E-state index in [0.29, 0.717) is 12.2 Å². The molecule has 0 fully saturated rings. The number of sulfonamides is 1. The van der Waals surface area contributed by atoms with E-state index in [0.717, 1.165) is 19.4 Å². The highest BCUT2D eigenvalue weighted by Gasteiger charge is 2.22. The van der Waals surface area contributed by atoms with Gasteiger partial charge in [0.15, 0.2) is 0 Å². The minimum Gasteiger partial charge on any atom is -0.495 e. The number of halogens is 1. The van der Waals surface area contributed by atoms with Crippen molar-refractivity contribution in [3.63, 3.8) is 0 Å². The van der Waals surface area contributed by atoms with Crippen LogP contribution in [-0.2, 0) is 10.0 Å². The third-order valence-corrected chi connectivity index (χ3v) is 6.04. The second-order valence-corrected chi connectivity index (χ2v) is 8.46. The lowest BCUT2D eigenvalue weighted by Gasteiger charge is -2.25. The number of methoxy groups -OCH3 is 1. The van der Waals surface area contributed by atoms with E-state index in [1.807, 2.05) is 11.8 Å². The van der Waals surface area contributed by atoms with E-state index in [1.165, 1.54) is 31.4 Å². The number of carbonyl (C=O) groups is 1. The van der Waals surface area contributed by atoms with Gasteiger partial charge >= 0.3 is 5.97 Å². The molecule has 0 bridgehead atoms. The van der Waals surface area contributed by atoms with E-state index in [4.69, 9.17) is 16.3 Å². The van der Waals surface area contributed by atoms with Gasteiger partial charge in [0.25, 0.3) is 10.0 Å². The molecule has 0 heterocycles. The average Bonchev–Trinajstić information content (AvgIpc) is 2.68. The summed E-state index contributed by atoms with van der Waals surface area (Å²) in [5.41, 5.74) is 0.720. The van der Waals surface area contributed by atoms with Crippen LogP contribution in [0.4, 0.5) is 11.4 Å². The highest BCUT2D eigenvalue weighted by Crippen LogP contribution is 2.30. The topological polar surface area (TPSA) is 95.9 Å². The maximum atomic E-state index is 12.8. The lowest BCUT2D eigenvalue weighted by Crippen LogP contribution is -2.26. The fourth-order valence-electron chi connectivity index (χ4n) is 2.92. The zero-order chi connectivity index (χ0) is 21.6. The largest absolute Gasteiger partial charge is 0.495 e. The van der Waals surface area contributed by atoms with Crippen LogP contribution in [-0.4, -0.2) is 39.7 Å². The Kier molecular flexibility index (Phi) is 7.75. The number of rotatable bonds is 10. The summed E-state index contributed by atoms with van der Waals surface area (Å²) in [5.74, 6) is -0.995. The van der Waals surface area contributed by atoms with Crippen molar-refractivity contribution in [2.45, 2.75) is 31.6 Å². The Bertz CT molecular complexity index is 979. The van der Waals surface area contributed by atoms with Crippen LogP contribution in [0.1, 0.15) is 37.0 Å². The van der Waals surface area contributed by atoms with Gasteiger partial charge in [0.05, 0.1) is 18.4 Å². The summed E-state index contributed by atoms with van der Waals surface area (Å²) in [6, 6.07) is 8.74. The van der Waals surface area contributed by atoms with Gasteiger partial charge in [-0.15, -0.1) is 0 Å². The quantitative estimate of drug-likeness (QED) is 0.565. The Morgan fingerprint density at radius 1 is 1.21 bits per heavy atom. The molecule has 2 rings (SSSR count). The molecule has 0 spiro atoms. The first-order valence-corrected chi connectivity index (χ1v) is 11.1. The number of aromatic carboxylic acids is 1. The van der Waals surface area contributed by atoms with Crippen LogP contribution in [0.3, 0.4) is 0 Å². The fourth-order valence-corrected chi connectivity index (χ4v) is 4.40. The standard InChI is InChI=1S/C20H25ClN2O5S/c1-4-6-11-23(5-2)17-9-8-15(13-16(17)20(24)25)22-29(26,27)19-12-14(21)7-10-18(19)28-3/h7-10,12-13,22H,4-6,11H2,1-3H3,(H,24,25). The smallest absolute Gasteiger partial charge is 0.337 e. The maximum Gasteiger partial charge on any atom is 0.337 e. The summed E-state index contributed by atoms with van der Waals surface area (Å²) in [4.78, 5) is 13.6. The number of hydrogen-bond donors (Lipinski definition) is 2. The molecule has 9 heteroatoms. The van der Waals surface area contributed by atoms with Crippen LogP contribution in [0.5, 0.6) is 5.75 Å². The molecule has 0 saturated heterocycles. The normalized spacial score (nSPS) is 11.2. The lowest BCUT2D eigenvalue weighted by molar-refractivity contribution is 0.0697. The Balaban J connectivity index is 2.42. The summed E-state index contributed by atoms with van der Waals surface area (Å²) in [7, 11) is -2.68. The van der Waals surface area contributed by atoms with Gasteiger partial charge in [-0.05, 0) is 49.7 Å².